The fraction of sp³-hybridized carbons (Fsp3) is 0.714. The molecule has 0 bridgehead atoms. The van der Waals surface area contributed by atoms with Crippen molar-refractivity contribution in [2.45, 2.75) is 57.3 Å². The van der Waals surface area contributed by atoms with E-state index in [1.807, 2.05) is 18.4 Å². The lowest BCUT2D eigenvalue weighted by Gasteiger charge is -2.35. The highest BCUT2D eigenvalue weighted by Gasteiger charge is 2.45. The van der Waals surface area contributed by atoms with Crippen LogP contribution in [0.4, 0.5) is 13.2 Å². The zero-order valence-electron chi connectivity index (χ0n) is 11.0. The molecule has 3 atom stereocenters. The molecule has 1 aliphatic carbocycles. The maximum absolute atomic E-state index is 13.0. The summed E-state index contributed by atoms with van der Waals surface area (Å²) >= 11 is 1.62. The van der Waals surface area contributed by atoms with Crippen molar-refractivity contribution in [2.75, 3.05) is 0 Å². The number of alkyl halides is 3. The van der Waals surface area contributed by atoms with Crippen LogP contribution in [0.2, 0.25) is 0 Å². The third-order valence-corrected chi connectivity index (χ3v) is 4.54. The third-order valence-electron chi connectivity index (χ3n) is 3.81. The summed E-state index contributed by atoms with van der Waals surface area (Å²) in [5.74, 6) is -1.17. The Labute approximate surface area is 116 Å². The van der Waals surface area contributed by atoms with Gasteiger partial charge in [-0.05, 0) is 48.6 Å². The second kappa shape index (κ2) is 6.27. The van der Waals surface area contributed by atoms with Crippen molar-refractivity contribution in [1.29, 1.82) is 0 Å². The lowest BCUT2D eigenvalue weighted by molar-refractivity contribution is -0.189. The van der Waals surface area contributed by atoms with E-state index in [1.54, 1.807) is 11.3 Å². The normalized spacial score (nSPS) is 26.3. The highest BCUT2D eigenvalue weighted by molar-refractivity contribution is 7.07. The second-order valence-corrected chi connectivity index (χ2v) is 6.22. The second-order valence-electron chi connectivity index (χ2n) is 5.44. The average molecular weight is 291 g/mol. The molecule has 1 aromatic rings. The van der Waals surface area contributed by atoms with Crippen LogP contribution in [0.25, 0.3) is 0 Å². The minimum Gasteiger partial charge on any atom is -0.311 e. The fourth-order valence-electron chi connectivity index (χ4n) is 2.91. The number of thiophene rings is 1. The van der Waals surface area contributed by atoms with Crippen LogP contribution >= 0.6 is 11.3 Å². The molecule has 0 amide bonds. The van der Waals surface area contributed by atoms with Crippen LogP contribution in [-0.4, -0.2) is 18.3 Å². The van der Waals surface area contributed by atoms with Gasteiger partial charge in [-0.2, -0.15) is 24.5 Å². The number of hydrogen-bond acceptors (Lipinski definition) is 2. The first kappa shape index (κ1) is 14.9. The Kier molecular flexibility index (Phi) is 4.90. The first-order valence-electron chi connectivity index (χ1n) is 6.80. The quantitative estimate of drug-likeness (QED) is 0.867. The largest absolute Gasteiger partial charge is 0.393 e. The van der Waals surface area contributed by atoms with E-state index >= 15 is 0 Å². The van der Waals surface area contributed by atoms with Crippen molar-refractivity contribution < 1.29 is 13.2 Å². The predicted octanol–water partition coefficient (Wildman–Crippen LogP) is 4.39. The molecule has 1 fully saturated rings. The van der Waals surface area contributed by atoms with Crippen molar-refractivity contribution in [3.63, 3.8) is 0 Å². The Bertz CT molecular complexity index is 375. The van der Waals surface area contributed by atoms with Gasteiger partial charge < -0.3 is 5.32 Å². The zero-order chi connectivity index (χ0) is 13.9. The van der Waals surface area contributed by atoms with Gasteiger partial charge in [0.1, 0.15) is 0 Å². The third kappa shape index (κ3) is 4.21. The fourth-order valence-corrected chi connectivity index (χ4v) is 3.59. The molecule has 108 valence electrons. The molecule has 1 saturated carbocycles. The maximum atomic E-state index is 13.0. The summed E-state index contributed by atoms with van der Waals surface area (Å²) < 4.78 is 38.9. The molecule has 5 heteroatoms. The van der Waals surface area contributed by atoms with E-state index in [0.717, 1.165) is 12.8 Å². The van der Waals surface area contributed by atoms with E-state index < -0.39 is 18.1 Å². The molecule has 1 aliphatic rings. The maximum Gasteiger partial charge on any atom is 0.393 e. The molecular formula is C14H20F3NS. The Hall–Kier alpha value is -0.550. The summed E-state index contributed by atoms with van der Waals surface area (Å²) in [5, 5.41) is 7.26. The molecule has 1 aromatic heterocycles. The van der Waals surface area contributed by atoms with E-state index in [1.165, 1.54) is 5.56 Å². The first-order valence-corrected chi connectivity index (χ1v) is 7.75. The van der Waals surface area contributed by atoms with Gasteiger partial charge in [0, 0.05) is 12.1 Å². The van der Waals surface area contributed by atoms with Crippen LogP contribution in [0.5, 0.6) is 0 Å². The highest BCUT2D eigenvalue weighted by atomic mass is 32.1. The lowest BCUT2D eigenvalue weighted by atomic mass is 9.83. The van der Waals surface area contributed by atoms with Gasteiger partial charge in [-0.1, -0.05) is 12.8 Å². The Balaban J connectivity index is 1.92. The summed E-state index contributed by atoms with van der Waals surface area (Å²) in [6, 6.07) is 1.70. The number of nitrogens with one attached hydrogen (secondary N) is 1. The number of rotatable bonds is 4. The van der Waals surface area contributed by atoms with Gasteiger partial charge in [0.15, 0.2) is 0 Å². The van der Waals surface area contributed by atoms with E-state index in [0.29, 0.717) is 12.8 Å². The first-order chi connectivity index (χ1) is 8.97. The zero-order valence-corrected chi connectivity index (χ0v) is 11.9. The number of hydrogen-bond donors (Lipinski definition) is 1. The average Bonchev–Trinajstić information content (AvgIpc) is 2.81. The van der Waals surface area contributed by atoms with Crippen molar-refractivity contribution in [2.24, 2.45) is 5.92 Å². The topological polar surface area (TPSA) is 12.0 Å². The van der Waals surface area contributed by atoms with Gasteiger partial charge in [0.05, 0.1) is 5.92 Å². The molecule has 19 heavy (non-hydrogen) atoms. The van der Waals surface area contributed by atoms with Crippen molar-refractivity contribution in [3.05, 3.63) is 22.4 Å². The van der Waals surface area contributed by atoms with Crippen LogP contribution < -0.4 is 5.32 Å². The summed E-state index contributed by atoms with van der Waals surface area (Å²) in [6.07, 6.45) is -0.772. The summed E-state index contributed by atoms with van der Waals surface area (Å²) in [6.45, 7) is 1.97. The Morgan fingerprint density at radius 2 is 2.11 bits per heavy atom. The summed E-state index contributed by atoms with van der Waals surface area (Å²) in [4.78, 5) is 0. The monoisotopic (exact) mass is 291 g/mol. The van der Waals surface area contributed by atoms with E-state index in [9.17, 15) is 13.2 Å². The van der Waals surface area contributed by atoms with Crippen molar-refractivity contribution >= 4 is 11.3 Å². The van der Waals surface area contributed by atoms with E-state index in [4.69, 9.17) is 0 Å². The molecule has 1 N–H and O–H groups in total. The summed E-state index contributed by atoms with van der Waals surface area (Å²) in [7, 11) is 0. The van der Waals surface area contributed by atoms with Gasteiger partial charge in [0.25, 0.3) is 0 Å². The molecule has 0 aromatic carbocycles. The van der Waals surface area contributed by atoms with Crippen molar-refractivity contribution in [1.82, 2.24) is 5.32 Å². The van der Waals surface area contributed by atoms with Gasteiger partial charge in [-0.15, -0.1) is 0 Å². The number of halogens is 3. The minimum absolute atomic E-state index is 0.0857. The lowest BCUT2D eigenvalue weighted by Crippen LogP contribution is -2.48. The standard InChI is InChI=1S/C14H20F3NS/c1-10(8-11-6-7-19-9-11)18-13-5-3-2-4-12(13)14(15,16)17/h6-7,9-10,12-13,18H,2-5,8H2,1H3. The SMILES string of the molecule is CC(Cc1ccsc1)NC1CCCCC1C(F)(F)F. The summed E-state index contributed by atoms with van der Waals surface area (Å²) in [5.41, 5.74) is 1.20. The molecule has 0 radical (unpaired) electrons. The molecule has 1 nitrogen and oxygen atoms in total. The molecule has 0 aliphatic heterocycles. The van der Waals surface area contributed by atoms with Gasteiger partial charge in [-0.25, -0.2) is 0 Å². The smallest absolute Gasteiger partial charge is 0.311 e. The van der Waals surface area contributed by atoms with Crippen LogP contribution in [0.3, 0.4) is 0 Å². The van der Waals surface area contributed by atoms with Crippen LogP contribution in [-0.2, 0) is 6.42 Å². The van der Waals surface area contributed by atoms with E-state index in [-0.39, 0.29) is 12.5 Å². The van der Waals surface area contributed by atoms with Crippen LogP contribution in [0.15, 0.2) is 16.8 Å². The molecule has 0 saturated heterocycles. The minimum atomic E-state index is -4.07. The Morgan fingerprint density at radius 3 is 2.74 bits per heavy atom. The van der Waals surface area contributed by atoms with Crippen LogP contribution in [0.1, 0.15) is 38.2 Å². The van der Waals surface area contributed by atoms with E-state index in [2.05, 4.69) is 10.7 Å². The van der Waals surface area contributed by atoms with Gasteiger partial charge >= 0.3 is 6.18 Å². The van der Waals surface area contributed by atoms with Crippen LogP contribution in [0, 0.1) is 5.92 Å². The van der Waals surface area contributed by atoms with Crippen molar-refractivity contribution in [3.8, 4) is 0 Å². The highest BCUT2D eigenvalue weighted by Crippen LogP contribution is 2.37. The Morgan fingerprint density at radius 1 is 1.37 bits per heavy atom. The molecule has 1 heterocycles. The van der Waals surface area contributed by atoms with Gasteiger partial charge in [0.2, 0.25) is 0 Å². The molecule has 0 spiro atoms. The van der Waals surface area contributed by atoms with Gasteiger partial charge in [-0.3, -0.25) is 0 Å². The predicted molar refractivity (Wildman–Crippen MR) is 72.4 cm³/mol. The molecular weight excluding hydrogens is 271 g/mol. The molecule has 3 unspecified atom stereocenters. The molecule has 2 rings (SSSR count).